The number of amides is 3. The Labute approximate surface area is 211 Å². The summed E-state index contributed by atoms with van der Waals surface area (Å²) in [5.41, 5.74) is 4.27. The number of hydrogen-bond donors (Lipinski definition) is 1. The highest BCUT2D eigenvalue weighted by Crippen LogP contribution is 2.34. The molecule has 180 valence electrons. The molecule has 10 heteroatoms. The van der Waals surface area contributed by atoms with E-state index in [1.165, 1.54) is 4.90 Å². The average Bonchev–Trinajstić information content (AvgIpc) is 3.32. The maximum absolute atomic E-state index is 13.0. The summed E-state index contributed by atoms with van der Waals surface area (Å²) < 4.78 is 7.76. The fraction of sp³-hybridized carbons (Fsp3) is 0.280. The summed E-state index contributed by atoms with van der Waals surface area (Å²) in [5.74, 6) is -0.463. The molecule has 2 aromatic carbocycles. The van der Waals surface area contributed by atoms with Crippen LogP contribution in [0.2, 0.25) is 10.0 Å². The molecular weight excluding hydrogens is 491 g/mol. The van der Waals surface area contributed by atoms with Crippen LogP contribution in [0.4, 0.5) is 0 Å². The largest absolute Gasteiger partial charge is 0.487 e. The molecule has 0 saturated carbocycles. The van der Waals surface area contributed by atoms with Crippen molar-refractivity contribution in [1.82, 2.24) is 20.0 Å². The maximum atomic E-state index is 13.0. The van der Waals surface area contributed by atoms with Gasteiger partial charge < -0.3 is 9.64 Å². The molecule has 0 radical (unpaired) electrons. The molecule has 3 amide bonds. The van der Waals surface area contributed by atoms with E-state index in [1.54, 1.807) is 22.9 Å². The smallest absolute Gasteiger partial charge is 0.255 e. The van der Waals surface area contributed by atoms with Gasteiger partial charge in [-0.3, -0.25) is 19.7 Å². The number of halogens is 2. The van der Waals surface area contributed by atoms with Gasteiger partial charge in [-0.1, -0.05) is 29.3 Å². The van der Waals surface area contributed by atoms with Crippen molar-refractivity contribution in [2.45, 2.75) is 45.9 Å². The first-order chi connectivity index (χ1) is 16.7. The van der Waals surface area contributed by atoms with Crippen LogP contribution >= 0.6 is 23.2 Å². The molecule has 1 fully saturated rings. The first kappa shape index (κ1) is 23.4. The first-order valence-corrected chi connectivity index (χ1v) is 11.9. The monoisotopic (exact) mass is 512 g/mol. The van der Waals surface area contributed by atoms with Gasteiger partial charge in [0.15, 0.2) is 0 Å². The Morgan fingerprint density at radius 1 is 1.11 bits per heavy atom. The highest BCUT2D eigenvalue weighted by molar-refractivity contribution is 6.37. The number of ether oxygens (including phenoxy) is 1. The fourth-order valence-electron chi connectivity index (χ4n) is 4.57. The highest BCUT2D eigenvalue weighted by atomic mass is 35.5. The molecule has 2 aliphatic rings. The summed E-state index contributed by atoms with van der Waals surface area (Å²) in [4.78, 5) is 38.3. The lowest BCUT2D eigenvalue weighted by Gasteiger charge is -2.29. The number of carbonyl (C=O) groups excluding carboxylic acids is 3. The number of rotatable bonds is 5. The average molecular weight is 513 g/mol. The van der Waals surface area contributed by atoms with Crippen LogP contribution in [-0.2, 0) is 22.7 Å². The molecule has 3 aromatic rings. The molecular formula is C25H22Cl2N4O4. The van der Waals surface area contributed by atoms with Gasteiger partial charge in [-0.05, 0) is 56.2 Å². The summed E-state index contributed by atoms with van der Waals surface area (Å²) in [5, 5.41) is 7.94. The molecule has 1 N–H and O–H groups in total. The van der Waals surface area contributed by atoms with Crippen LogP contribution in [0.25, 0.3) is 5.69 Å². The van der Waals surface area contributed by atoms with Crippen LogP contribution in [0.3, 0.4) is 0 Å². The van der Waals surface area contributed by atoms with Crippen molar-refractivity contribution in [2.75, 3.05) is 0 Å². The summed E-state index contributed by atoms with van der Waals surface area (Å²) in [6.45, 7) is 4.22. The molecule has 0 spiro atoms. The second-order valence-electron chi connectivity index (χ2n) is 8.74. The number of imide groups is 1. The maximum Gasteiger partial charge on any atom is 0.255 e. The Kier molecular flexibility index (Phi) is 6.02. The predicted octanol–water partition coefficient (Wildman–Crippen LogP) is 4.14. The minimum atomic E-state index is -0.678. The third kappa shape index (κ3) is 4.28. The van der Waals surface area contributed by atoms with E-state index in [2.05, 4.69) is 10.4 Å². The second kappa shape index (κ2) is 9.02. The summed E-state index contributed by atoms with van der Waals surface area (Å²) >= 11 is 12.9. The third-order valence-corrected chi connectivity index (χ3v) is 6.80. The van der Waals surface area contributed by atoms with Crippen molar-refractivity contribution < 1.29 is 19.1 Å². The predicted molar refractivity (Wildman–Crippen MR) is 130 cm³/mol. The van der Waals surface area contributed by atoms with Crippen LogP contribution in [0.1, 0.15) is 45.7 Å². The number of nitrogens with zero attached hydrogens (tertiary/aromatic N) is 3. The summed E-state index contributed by atoms with van der Waals surface area (Å²) in [6, 6.07) is 10.1. The highest BCUT2D eigenvalue weighted by Gasteiger charge is 2.40. The number of nitrogens with one attached hydrogen (secondary N) is 1. The van der Waals surface area contributed by atoms with Gasteiger partial charge in [0.1, 0.15) is 29.8 Å². The number of piperidine rings is 1. The normalized spacial score (nSPS) is 17.5. The van der Waals surface area contributed by atoms with Crippen LogP contribution in [0.5, 0.6) is 5.75 Å². The van der Waals surface area contributed by atoms with Crippen molar-refractivity contribution in [2.24, 2.45) is 0 Å². The molecule has 1 saturated heterocycles. The zero-order valence-corrected chi connectivity index (χ0v) is 20.6. The van der Waals surface area contributed by atoms with E-state index in [0.717, 1.165) is 11.3 Å². The molecule has 5 rings (SSSR count). The lowest BCUT2D eigenvalue weighted by molar-refractivity contribution is -0.136. The Bertz CT molecular complexity index is 1360. The Hall–Kier alpha value is -3.36. The molecule has 2 aliphatic heterocycles. The van der Waals surface area contributed by atoms with E-state index >= 15 is 0 Å². The quantitative estimate of drug-likeness (QED) is 0.518. The number of carbonyl (C=O) groups is 3. The fourth-order valence-corrected chi connectivity index (χ4v) is 5.33. The zero-order chi connectivity index (χ0) is 24.9. The number of hydrogen-bond acceptors (Lipinski definition) is 5. The molecule has 0 bridgehead atoms. The van der Waals surface area contributed by atoms with Gasteiger partial charge in [-0.2, -0.15) is 5.10 Å². The van der Waals surface area contributed by atoms with E-state index in [4.69, 9.17) is 27.9 Å². The van der Waals surface area contributed by atoms with E-state index in [-0.39, 0.29) is 31.4 Å². The number of fused-ring (bicyclic) bond motifs is 1. The van der Waals surface area contributed by atoms with Gasteiger partial charge in [0.05, 0.1) is 16.6 Å². The Morgan fingerprint density at radius 3 is 2.57 bits per heavy atom. The van der Waals surface area contributed by atoms with E-state index in [1.807, 2.05) is 32.0 Å². The summed E-state index contributed by atoms with van der Waals surface area (Å²) in [7, 11) is 0. The zero-order valence-electron chi connectivity index (χ0n) is 19.1. The second-order valence-corrected chi connectivity index (χ2v) is 9.55. The molecule has 3 heterocycles. The van der Waals surface area contributed by atoms with Crippen molar-refractivity contribution in [3.05, 3.63) is 74.5 Å². The van der Waals surface area contributed by atoms with E-state index in [0.29, 0.717) is 44.7 Å². The minimum Gasteiger partial charge on any atom is -0.487 e. The standard InChI is InChI=1S/C25H22Cl2N4O4/c1-13-8-18(26)23(19(27)9-13)31-14(2)10-15(29-31)12-35-21-5-3-4-16-17(21)11-30(25(16)34)20-6-7-22(32)28-24(20)33/h3-5,8-10,20H,6-7,11-12H2,1-2H3,(H,28,32,33). The Morgan fingerprint density at radius 2 is 1.86 bits per heavy atom. The molecule has 1 unspecified atom stereocenters. The third-order valence-electron chi connectivity index (χ3n) is 6.23. The molecule has 0 aliphatic carbocycles. The SMILES string of the molecule is Cc1cc(Cl)c(-n2nc(COc3cccc4c3CN(C3CCC(=O)NC3=O)C4=O)cc2C)c(Cl)c1. The van der Waals surface area contributed by atoms with Crippen LogP contribution in [0.15, 0.2) is 36.4 Å². The number of aromatic nitrogens is 2. The van der Waals surface area contributed by atoms with Gasteiger partial charge in [-0.25, -0.2) is 4.68 Å². The number of aryl methyl sites for hydroxylation is 2. The first-order valence-electron chi connectivity index (χ1n) is 11.1. The minimum absolute atomic E-state index is 0.165. The Balaban J connectivity index is 1.36. The topological polar surface area (TPSA) is 93.5 Å². The van der Waals surface area contributed by atoms with Gasteiger partial charge in [0, 0.05) is 23.2 Å². The van der Waals surface area contributed by atoms with Crippen LogP contribution in [-0.4, -0.2) is 38.4 Å². The van der Waals surface area contributed by atoms with Crippen molar-refractivity contribution in [1.29, 1.82) is 0 Å². The van der Waals surface area contributed by atoms with E-state index in [9.17, 15) is 14.4 Å². The van der Waals surface area contributed by atoms with Crippen molar-refractivity contribution in [3.63, 3.8) is 0 Å². The van der Waals surface area contributed by atoms with E-state index < -0.39 is 11.9 Å². The van der Waals surface area contributed by atoms with Crippen LogP contribution < -0.4 is 10.1 Å². The summed E-state index contributed by atoms with van der Waals surface area (Å²) in [6.07, 6.45) is 0.512. The lowest BCUT2D eigenvalue weighted by Crippen LogP contribution is -2.52. The molecule has 35 heavy (non-hydrogen) atoms. The molecule has 8 nitrogen and oxygen atoms in total. The van der Waals surface area contributed by atoms with Gasteiger partial charge in [0.2, 0.25) is 11.8 Å². The number of benzene rings is 2. The lowest BCUT2D eigenvalue weighted by atomic mass is 10.0. The van der Waals surface area contributed by atoms with Gasteiger partial charge >= 0.3 is 0 Å². The molecule has 1 atom stereocenters. The van der Waals surface area contributed by atoms with Crippen molar-refractivity contribution >= 4 is 40.9 Å². The van der Waals surface area contributed by atoms with Crippen molar-refractivity contribution in [3.8, 4) is 11.4 Å². The van der Waals surface area contributed by atoms with Gasteiger partial charge in [-0.15, -0.1) is 0 Å². The molecule has 1 aromatic heterocycles. The van der Waals surface area contributed by atoms with Gasteiger partial charge in [0.25, 0.3) is 5.91 Å². The van der Waals surface area contributed by atoms with Crippen LogP contribution in [0, 0.1) is 13.8 Å².